The van der Waals surface area contributed by atoms with E-state index in [0.29, 0.717) is 42.0 Å². The molecular weight excluding hydrogens is 830 g/mol. The Labute approximate surface area is 366 Å². The fourth-order valence-electron chi connectivity index (χ4n) is 8.88. The highest BCUT2D eigenvalue weighted by atomic mass is 35.5. The molecule has 14 nitrogen and oxygen atoms in total. The van der Waals surface area contributed by atoms with E-state index in [4.69, 9.17) is 16.3 Å². The van der Waals surface area contributed by atoms with E-state index in [1.807, 2.05) is 18.2 Å². The van der Waals surface area contributed by atoms with Crippen molar-refractivity contribution in [1.29, 1.82) is 0 Å². The first-order chi connectivity index (χ1) is 29.5. The zero-order valence-corrected chi connectivity index (χ0v) is 36.8. The van der Waals surface area contributed by atoms with Gasteiger partial charge in [0.25, 0.3) is 21.6 Å². The number of nitro benzene ring substituents is 1. The third kappa shape index (κ3) is 9.34. The van der Waals surface area contributed by atoms with Crippen LogP contribution in [0.2, 0.25) is 5.02 Å². The number of pyridine rings is 1. The van der Waals surface area contributed by atoms with Crippen LogP contribution in [0.25, 0.3) is 16.6 Å². The Morgan fingerprint density at radius 1 is 1.03 bits per heavy atom. The molecule has 16 heteroatoms. The Morgan fingerprint density at radius 3 is 2.52 bits per heavy atom. The highest BCUT2D eigenvalue weighted by molar-refractivity contribution is 7.90. The molecule has 1 fully saturated rings. The normalized spacial score (nSPS) is 17.8. The number of amides is 2. The number of sulfonamides is 1. The number of anilines is 1. The van der Waals surface area contributed by atoms with Gasteiger partial charge in [-0.15, -0.1) is 0 Å². The SMILES string of the molecule is CN(C)C(=O)C[C@@H]1Cc2cc(S(=O)(=O)NC(=O)c3ccc(N4CCN(CC5=C(c6ccc(Cl)cc6)CC(C)(C)CC5)CC4)cc3Oc3cnc4[nH]ccc4c3)cc([N+](=O)[O-])c2C1. The second-order valence-corrected chi connectivity index (χ2v) is 19.7. The van der Waals surface area contributed by atoms with Crippen LogP contribution < -0.4 is 14.4 Å². The van der Waals surface area contributed by atoms with Gasteiger partial charge < -0.3 is 19.5 Å². The molecule has 5 aromatic rings. The molecule has 2 aliphatic carbocycles. The molecule has 2 aromatic heterocycles. The lowest BCUT2D eigenvalue weighted by atomic mass is 9.72. The number of aromatic amines is 1. The number of fused-ring (bicyclic) bond motifs is 2. The van der Waals surface area contributed by atoms with Crippen LogP contribution in [-0.4, -0.2) is 91.7 Å². The average Bonchev–Trinajstić information content (AvgIpc) is 3.88. The number of benzene rings is 3. The Morgan fingerprint density at radius 2 is 1.79 bits per heavy atom. The van der Waals surface area contributed by atoms with Crippen LogP contribution in [-0.2, 0) is 27.7 Å². The van der Waals surface area contributed by atoms with Crippen LogP contribution in [0.3, 0.4) is 0 Å². The molecule has 3 aromatic carbocycles. The number of rotatable bonds is 12. The van der Waals surface area contributed by atoms with Crippen molar-refractivity contribution in [3.8, 4) is 11.5 Å². The molecule has 324 valence electrons. The molecule has 2 amide bonds. The van der Waals surface area contributed by atoms with E-state index >= 15 is 0 Å². The quantitative estimate of drug-likeness (QED) is 0.0924. The van der Waals surface area contributed by atoms with Gasteiger partial charge in [0.05, 0.1) is 21.6 Å². The number of halogens is 1. The van der Waals surface area contributed by atoms with E-state index in [9.17, 15) is 28.1 Å². The number of aromatic nitrogens is 2. The highest BCUT2D eigenvalue weighted by Crippen LogP contribution is 2.44. The summed E-state index contributed by atoms with van der Waals surface area (Å²) in [6, 6.07) is 19.1. The maximum Gasteiger partial charge on any atom is 0.274 e. The maximum atomic E-state index is 14.0. The van der Waals surface area contributed by atoms with Gasteiger partial charge in [-0.05, 0) is 103 Å². The fraction of sp³-hybridized carbons (Fsp3) is 0.370. The summed E-state index contributed by atoms with van der Waals surface area (Å²) in [7, 11) is -1.33. The Bertz CT molecular complexity index is 2710. The number of allylic oxidation sites excluding steroid dienone is 1. The molecule has 2 N–H and O–H groups in total. The minimum atomic E-state index is -4.61. The van der Waals surface area contributed by atoms with Gasteiger partial charge in [0, 0.05) is 93.2 Å². The molecule has 0 radical (unpaired) electrons. The number of carbonyl (C=O) groups excluding carboxylic acids is 2. The second-order valence-electron chi connectivity index (χ2n) is 17.6. The van der Waals surface area contributed by atoms with Crippen LogP contribution in [0.1, 0.15) is 66.6 Å². The minimum absolute atomic E-state index is 0.0510. The van der Waals surface area contributed by atoms with Crippen molar-refractivity contribution in [2.75, 3.05) is 51.7 Å². The minimum Gasteiger partial charge on any atom is -0.455 e. The number of nitrogens with one attached hydrogen (secondary N) is 2. The van der Waals surface area contributed by atoms with Gasteiger partial charge in [-0.2, -0.15) is 0 Å². The number of H-pyrrole nitrogens is 1. The molecule has 1 aliphatic heterocycles. The Kier molecular flexibility index (Phi) is 11.9. The average molecular weight is 880 g/mol. The highest BCUT2D eigenvalue weighted by Gasteiger charge is 2.34. The standard InChI is InChI=1S/C46H50ClN7O7S/c1-46(2)13-11-32(40(26-46)30-5-7-34(47)8-6-30)28-52-15-17-53(18-16-52)35-9-10-38(42(24-35)61-36-22-31-12-14-48-44(31)49-27-36)45(56)50-62(59,60)37-23-33-19-29(21-43(55)51(3)4)20-39(33)41(25-37)54(57)58/h5-10,12,14,22-25,27,29H,11,13,15-21,26,28H2,1-4H3,(H,48,49)(H,50,56)/t29-/m1/s1. The van der Waals surface area contributed by atoms with Crippen LogP contribution in [0.5, 0.6) is 11.5 Å². The lowest BCUT2D eigenvalue weighted by Gasteiger charge is -2.39. The van der Waals surface area contributed by atoms with Gasteiger partial charge in [-0.25, -0.2) is 18.1 Å². The predicted molar refractivity (Wildman–Crippen MR) is 239 cm³/mol. The summed E-state index contributed by atoms with van der Waals surface area (Å²) in [5.74, 6) is -0.854. The predicted octanol–water partition coefficient (Wildman–Crippen LogP) is 8.01. The third-order valence-corrected chi connectivity index (χ3v) is 13.9. The largest absolute Gasteiger partial charge is 0.455 e. The number of piperazine rings is 1. The molecule has 0 saturated carbocycles. The molecule has 0 bridgehead atoms. The van der Waals surface area contributed by atoms with Crippen molar-refractivity contribution in [3.63, 3.8) is 0 Å². The van der Waals surface area contributed by atoms with Crippen molar-refractivity contribution in [2.24, 2.45) is 11.3 Å². The summed E-state index contributed by atoms with van der Waals surface area (Å²) < 4.78 is 36.2. The zero-order valence-electron chi connectivity index (χ0n) is 35.2. The molecular formula is C46H50ClN7O7S. The van der Waals surface area contributed by atoms with Crippen LogP contribution in [0, 0.1) is 21.4 Å². The first-order valence-electron chi connectivity index (χ1n) is 20.8. The number of ether oxygens (including phenoxy) is 1. The van der Waals surface area contributed by atoms with Gasteiger partial charge in [0.2, 0.25) is 5.91 Å². The lowest BCUT2D eigenvalue weighted by Crippen LogP contribution is -2.47. The van der Waals surface area contributed by atoms with Gasteiger partial charge in [0.15, 0.2) is 0 Å². The van der Waals surface area contributed by atoms with Crippen molar-refractivity contribution in [2.45, 2.75) is 57.3 Å². The van der Waals surface area contributed by atoms with E-state index in [0.717, 1.165) is 61.1 Å². The second kappa shape index (κ2) is 17.2. The van der Waals surface area contributed by atoms with E-state index in [1.54, 1.807) is 38.5 Å². The van der Waals surface area contributed by atoms with Crippen molar-refractivity contribution in [1.82, 2.24) is 24.5 Å². The van der Waals surface area contributed by atoms with Crippen molar-refractivity contribution in [3.05, 3.63) is 122 Å². The first kappa shape index (κ1) is 42.9. The molecule has 1 atom stereocenters. The Balaban J connectivity index is 1.03. The van der Waals surface area contributed by atoms with Crippen molar-refractivity contribution >= 4 is 61.4 Å². The summed E-state index contributed by atoms with van der Waals surface area (Å²) in [6.07, 6.45) is 7.18. The molecule has 3 aliphatic rings. The number of nitrogens with zero attached hydrogens (tertiary/aromatic N) is 5. The number of hydrogen-bond acceptors (Lipinski definition) is 10. The van der Waals surface area contributed by atoms with E-state index in [1.165, 1.54) is 39.9 Å². The maximum absolute atomic E-state index is 14.0. The molecule has 8 rings (SSSR count). The Hall–Kier alpha value is -5.77. The third-order valence-electron chi connectivity index (χ3n) is 12.3. The molecule has 0 spiro atoms. The summed E-state index contributed by atoms with van der Waals surface area (Å²) in [6.45, 7) is 8.59. The van der Waals surface area contributed by atoms with Gasteiger partial charge in [0.1, 0.15) is 17.1 Å². The van der Waals surface area contributed by atoms with Gasteiger partial charge in [-0.3, -0.25) is 24.6 Å². The fourth-order valence-corrected chi connectivity index (χ4v) is 10.0. The van der Waals surface area contributed by atoms with E-state index in [2.05, 4.69) is 50.5 Å². The zero-order chi connectivity index (χ0) is 43.9. The smallest absolute Gasteiger partial charge is 0.274 e. The van der Waals surface area contributed by atoms with Gasteiger partial charge >= 0.3 is 0 Å². The topological polar surface area (TPSA) is 171 Å². The summed E-state index contributed by atoms with van der Waals surface area (Å²) in [4.78, 5) is 51.2. The number of hydrogen-bond donors (Lipinski definition) is 2. The van der Waals surface area contributed by atoms with Crippen LogP contribution in [0.15, 0.2) is 89.6 Å². The number of carbonyl (C=O) groups is 2. The molecule has 62 heavy (non-hydrogen) atoms. The molecule has 0 unspecified atom stereocenters. The summed E-state index contributed by atoms with van der Waals surface area (Å²) in [5, 5.41) is 13.7. The summed E-state index contributed by atoms with van der Waals surface area (Å²) >= 11 is 6.24. The molecule has 3 heterocycles. The number of nitro groups is 1. The van der Waals surface area contributed by atoms with E-state index < -0.39 is 25.7 Å². The van der Waals surface area contributed by atoms with Gasteiger partial charge in [-0.1, -0.05) is 43.2 Å². The van der Waals surface area contributed by atoms with Crippen LogP contribution >= 0.6 is 11.6 Å². The van der Waals surface area contributed by atoms with Crippen molar-refractivity contribution < 1.29 is 27.7 Å². The first-order valence-corrected chi connectivity index (χ1v) is 22.6. The lowest BCUT2D eigenvalue weighted by molar-refractivity contribution is -0.385. The monoisotopic (exact) mass is 879 g/mol. The van der Waals surface area contributed by atoms with Crippen LogP contribution in [0.4, 0.5) is 11.4 Å². The summed E-state index contributed by atoms with van der Waals surface area (Å²) in [5.41, 5.74) is 6.21. The molecule has 1 saturated heterocycles. The van der Waals surface area contributed by atoms with E-state index in [-0.39, 0.29) is 47.1 Å².